The summed E-state index contributed by atoms with van der Waals surface area (Å²) in [5.74, 6) is -0.953. The van der Waals surface area contributed by atoms with E-state index >= 15 is 0 Å². The van der Waals surface area contributed by atoms with Crippen molar-refractivity contribution in [2.24, 2.45) is 0 Å². The zero-order valence-electron chi connectivity index (χ0n) is 10.5. The number of esters is 2. The number of carbonyl (C=O) groups excluding carboxylic acids is 3. The highest BCUT2D eigenvalue weighted by molar-refractivity contribution is 5.86. The van der Waals surface area contributed by atoms with E-state index in [-0.39, 0.29) is 26.4 Å². The fraction of sp³-hybridized carbons (Fsp3) is 0.545. The quantitative estimate of drug-likeness (QED) is 0.308. The molecule has 0 aliphatic heterocycles. The molecular weight excluding hydrogens is 242 g/mol. The molecule has 0 spiro atoms. The largest absolute Gasteiger partial charge is 0.462 e. The van der Waals surface area contributed by atoms with Gasteiger partial charge in [0, 0.05) is 12.5 Å². The SMILES string of the molecule is C=C(C)C(=O)OCCNC(=O)OCCOC(C)=O. The summed E-state index contributed by atoms with van der Waals surface area (Å²) in [6.07, 6.45) is -0.673. The van der Waals surface area contributed by atoms with Gasteiger partial charge in [-0.25, -0.2) is 9.59 Å². The molecule has 18 heavy (non-hydrogen) atoms. The van der Waals surface area contributed by atoms with E-state index in [1.807, 2.05) is 0 Å². The zero-order chi connectivity index (χ0) is 14.0. The average Bonchev–Trinajstić information content (AvgIpc) is 2.29. The molecule has 7 heteroatoms. The van der Waals surface area contributed by atoms with E-state index in [1.54, 1.807) is 0 Å². The van der Waals surface area contributed by atoms with Crippen LogP contribution in [0.2, 0.25) is 0 Å². The molecule has 0 aliphatic carbocycles. The lowest BCUT2D eigenvalue weighted by atomic mass is 10.4. The van der Waals surface area contributed by atoms with Crippen LogP contribution in [0.4, 0.5) is 4.79 Å². The molecule has 0 aromatic heterocycles. The third-order valence-electron chi connectivity index (χ3n) is 1.57. The summed E-state index contributed by atoms with van der Waals surface area (Å²) in [4.78, 5) is 32.4. The van der Waals surface area contributed by atoms with Crippen LogP contribution in [0.25, 0.3) is 0 Å². The van der Waals surface area contributed by atoms with Crippen LogP contribution in [-0.2, 0) is 23.8 Å². The van der Waals surface area contributed by atoms with E-state index in [4.69, 9.17) is 4.74 Å². The van der Waals surface area contributed by atoms with Gasteiger partial charge in [-0.3, -0.25) is 4.79 Å². The first-order chi connectivity index (χ1) is 8.43. The van der Waals surface area contributed by atoms with Crippen LogP contribution < -0.4 is 5.32 Å². The molecule has 1 N–H and O–H groups in total. The number of hydrogen-bond donors (Lipinski definition) is 1. The number of nitrogens with one attached hydrogen (secondary N) is 1. The summed E-state index contributed by atoms with van der Waals surface area (Å²) >= 11 is 0. The van der Waals surface area contributed by atoms with Crippen molar-refractivity contribution in [2.75, 3.05) is 26.4 Å². The highest BCUT2D eigenvalue weighted by atomic mass is 16.6. The van der Waals surface area contributed by atoms with Crippen molar-refractivity contribution < 1.29 is 28.6 Å². The third kappa shape index (κ3) is 9.20. The van der Waals surface area contributed by atoms with Gasteiger partial charge < -0.3 is 19.5 Å². The molecule has 0 aromatic rings. The van der Waals surface area contributed by atoms with E-state index < -0.39 is 18.0 Å². The van der Waals surface area contributed by atoms with Crippen molar-refractivity contribution in [2.45, 2.75) is 13.8 Å². The van der Waals surface area contributed by atoms with Gasteiger partial charge in [0.05, 0.1) is 6.54 Å². The second-order valence-electron chi connectivity index (χ2n) is 3.32. The summed E-state index contributed by atoms with van der Waals surface area (Å²) in [5, 5.41) is 2.36. The highest BCUT2D eigenvalue weighted by Gasteiger charge is 2.04. The van der Waals surface area contributed by atoms with Crippen molar-refractivity contribution in [1.82, 2.24) is 5.32 Å². The zero-order valence-corrected chi connectivity index (χ0v) is 10.5. The Bertz CT molecular complexity index is 325. The van der Waals surface area contributed by atoms with Crippen LogP contribution in [-0.4, -0.2) is 44.4 Å². The maximum Gasteiger partial charge on any atom is 0.407 e. The van der Waals surface area contributed by atoms with Crippen molar-refractivity contribution in [3.05, 3.63) is 12.2 Å². The lowest BCUT2D eigenvalue weighted by Crippen LogP contribution is -2.29. The molecule has 1 amide bonds. The Labute approximate surface area is 105 Å². The van der Waals surface area contributed by atoms with Gasteiger partial charge in [0.15, 0.2) is 0 Å². The molecule has 7 nitrogen and oxygen atoms in total. The van der Waals surface area contributed by atoms with Crippen LogP contribution in [0.15, 0.2) is 12.2 Å². The summed E-state index contributed by atoms with van der Waals surface area (Å²) in [6, 6.07) is 0. The van der Waals surface area contributed by atoms with Crippen molar-refractivity contribution in [1.29, 1.82) is 0 Å². The predicted octanol–water partition coefficient (Wildman–Crippen LogP) is 0.395. The molecule has 0 atom stereocenters. The van der Waals surface area contributed by atoms with E-state index in [0.717, 1.165) is 0 Å². The Morgan fingerprint density at radius 2 is 1.61 bits per heavy atom. The van der Waals surface area contributed by atoms with Gasteiger partial charge in [0.1, 0.15) is 19.8 Å². The second-order valence-corrected chi connectivity index (χ2v) is 3.32. The molecule has 0 saturated carbocycles. The fourth-order valence-electron chi connectivity index (χ4n) is 0.791. The smallest absolute Gasteiger partial charge is 0.407 e. The molecule has 0 bridgehead atoms. The molecule has 0 aliphatic rings. The number of hydrogen-bond acceptors (Lipinski definition) is 6. The normalized spacial score (nSPS) is 9.22. The van der Waals surface area contributed by atoms with E-state index in [0.29, 0.717) is 5.57 Å². The molecular formula is C11H17NO6. The molecule has 0 saturated heterocycles. The molecule has 0 rings (SSSR count). The Balaban J connectivity index is 3.45. The first-order valence-electron chi connectivity index (χ1n) is 5.30. The Morgan fingerprint density at radius 1 is 1.00 bits per heavy atom. The van der Waals surface area contributed by atoms with Crippen LogP contribution in [0.1, 0.15) is 13.8 Å². The monoisotopic (exact) mass is 259 g/mol. The molecule has 0 fully saturated rings. The van der Waals surface area contributed by atoms with E-state index in [1.165, 1.54) is 13.8 Å². The number of amides is 1. The second kappa shape index (κ2) is 9.03. The van der Waals surface area contributed by atoms with E-state index in [9.17, 15) is 14.4 Å². The Kier molecular flexibility index (Phi) is 8.00. The standard InChI is InChI=1S/C11H17NO6/c1-8(2)10(14)17-5-4-12-11(15)18-7-6-16-9(3)13/h1,4-7H2,2-3H3,(H,12,15). The minimum atomic E-state index is -0.673. The average molecular weight is 259 g/mol. The van der Waals surface area contributed by atoms with Gasteiger partial charge in [-0.15, -0.1) is 0 Å². The Hall–Kier alpha value is -2.05. The Morgan fingerprint density at radius 3 is 2.17 bits per heavy atom. The summed E-state index contributed by atoms with van der Waals surface area (Å²) in [6.45, 7) is 6.33. The predicted molar refractivity (Wildman–Crippen MR) is 61.8 cm³/mol. The first-order valence-corrected chi connectivity index (χ1v) is 5.30. The van der Waals surface area contributed by atoms with Gasteiger partial charge in [-0.05, 0) is 6.92 Å². The fourth-order valence-corrected chi connectivity index (χ4v) is 0.791. The van der Waals surface area contributed by atoms with Crippen LogP contribution in [0.3, 0.4) is 0 Å². The van der Waals surface area contributed by atoms with E-state index in [2.05, 4.69) is 21.4 Å². The lowest BCUT2D eigenvalue weighted by molar-refractivity contribution is -0.142. The third-order valence-corrected chi connectivity index (χ3v) is 1.57. The molecule has 0 radical (unpaired) electrons. The van der Waals surface area contributed by atoms with Crippen LogP contribution >= 0.6 is 0 Å². The molecule has 102 valence electrons. The lowest BCUT2D eigenvalue weighted by Gasteiger charge is -2.07. The first kappa shape index (κ1) is 16.0. The number of rotatable bonds is 7. The highest BCUT2D eigenvalue weighted by Crippen LogP contribution is 1.90. The maximum atomic E-state index is 11.0. The maximum absolute atomic E-state index is 11.0. The number of carbonyl (C=O) groups is 3. The summed E-state index contributed by atoms with van der Waals surface area (Å²) in [5.41, 5.74) is 0.291. The van der Waals surface area contributed by atoms with Crippen LogP contribution in [0, 0.1) is 0 Å². The summed E-state index contributed by atoms with van der Waals surface area (Å²) < 4.78 is 13.9. The summed E-state index contributed by atoms with van der Waals surface area (Å²) in [7, 11) is 0. The molecule has 0 heterocycles. The van der Waals surface area contributed by atoms with Gasteiger partial charge in [0.25, 0.3) is 0 Å². The number of alkyl carbamates (subject to hydrolysis) is 1. The van der Waals surface area contributed by atoms with Gasteiger partial charge in [-0.2, -0.15) is 0 Å². The van der Waals surface area contributed by atoms with Crippen molar-refractivity contribution in [3.8, 4) is 0 Å². The minimum Gasteiger partial charge on any atom is -0.462 e. The topological polar surface area (TPSA) is 90.9 Å². The van der Waals surface area contributed by atoms with Crippen molar-refractivity contribution in [3.63, 3.8) is 0 Å². The molecule has 0 aromatic carbocycles. The van der Waals surface area contributed by atoms with Gasteiger partial charge in [0.2, 0.25) is 0 Å². The van der Waals surface area contributed by atoms with Gasteiger partial charge >= 0.3 is 18.0 Å². The molecule has 0 unspecified atom stereocenters. The van der Waals surface area contributed by atoms with Crippen LogP contribution in [0.5, 0.6) is 0 Å². The minimum absolute atomic E-state index is 0.00734. The van der Waals surface area contributed by atoms with Gasteiger partial charge in [-0.1, -0.05) is 6.58 Å². The van der Waals surface area contributed by atoms with Crippen molar-refractivity contribution >= 4 is 18.0 Å². The number of ether oxygens (including phenoxy) is 3.